The maximum absolute atomic E-state index is 15.2. The zero-order valence-corrected chi connectivity index (χ0v) is 23.5. The SMILES string of the molecule is CCCCC1CCC(C2CCC(CCC3CCC(C4NCC(CCC)CN4)C(F)C3F)CC2)C(F)[C@H]1F. The molecule has 0 aromatic heterocycles. The van der Waals surface area contributed by atoms with Gasteiger partial charge in [-0.05, 0) is 93.3 Å². The second-order valence-corrected chi connectivity index (χ2v) is 13.2. The van der Waals surface area contributed by atoms with Gasteiger partial charge in [0.1, 0.15) is 24.7 Å². The summed E-state index contributed by atoms with van der Waals surface area (Å²) in [5.41, 5.74) is 0. The monoisotopic (exact) mass is 530 g/mol. The van der Waals surface area contributed by atoms with Gasteiger partial charge in [-0.15, -0.1) is 0 Å². The van der Waals surface area contributed by atoms with Crippen molar-refractivity contribution in [2.75, 3.05) is 13.1 Å². The molecule has 1 saturated heterocycles. The van der Waals surface area contributed by atoms with Crippen LogP contribution >= 0.6 is 0 Å². The summed E-state index contributed by atoms with van der Waals surface area (Å²) in [6.07, 6.45) is 8.59. The average Bonchev–Trinajstić information content (AvgIpc) is 2.92. The highest BCUT2D eigenvalue weighted by molar-refractivity contribution is 4.96. The molecule has 216 valence electrons. The van der Waals surface area contributed by atoms with Crippen LogP contribution in [0.15, 0.2) is 0 Å². The molecular weight excluding hydrogens is 476 g/mol. The first-order chi connectivity index (χ1) is 17.9. The van der Waals surface area contributed by atoms with E-state index >= 15 is 13.2 Å². The number of alkyl halides is 4. The third kappa shape index (κ3) is 7.44. The first kappa shape index (κ1) is 29.6. The Hall–Kier alpha value is -0.360. The zero-order valence-electron chi connectivity index (χ0n) is 23.5. The van der Waals surface area contributed by atoms with Gasteiger partial charge in [-0.3, -0.25) is 0 Å². The molecule has 2 nitrogen and oxygen atoms in total. The molecule has 6 heteroatoms. The quantitative estimate of drug-likeness (QED) is 0.279. The fourth-order valence-corrected chi connectivity index (χ4v) is 8.36. The minimum absolute atomic E-state index is 0.0896. The molecule has 0 amide bonds. The summed E-state index contributed by atoms with van der Waals surface area (Å²) in [6, 6.07) is 0. The van der Waals surface area contributed by atoms with E-state index in [9.17, 15) is 4.39 Å². The van der Waals surface area contributed by atoms with Crippen molar-refractivity contribution in [3.05, 3.63) is 0 Å². The summed E-state index contributed by atoms with van der Waals surface area (Å²) < 4.78 is 60.2. The van der Waals surface area contributed by atoms with Gasteiger partial charge in [-0.1, -0.05) is 52.4 Å². The second kappa shape index (κ2) is 14.3. The van der Waals surface area contributed by atoms with Gasteiger partial charge in [0.15, 0.2) is 0 Å². The van der Waals surface area contributed by atoms with E-state index in [1.54, 1.807) is 0 Å². The van der Waals surface area contributed by atoms with Crippen molar-refractivity contribution in [1.82, 2.24) is 10.6 Å². The van der Waals surface area contributed by atoms with Crippen molar-refractivity contribution in [2.45, 2.75) is 141 Å². The summed E-state index contributed by atoms with van der Waals surface area (Å²) in [5.74, 6) is 0.733. The maximum Gasteiger partial charge on any atom is 0.137 e. The largest absolute Gasteiger partial charge is 0.301 e. The van der Waals surface area contributed by atoms with Crippen LogP contribution in [0, 0.1) is 41.4 Å². The standard InChI is InChI=1S/C31H54F4N2/c1-3-5-7-23-14-16-25(29(34)27(23)32)22-11-8-20(9-12-22)10-13-24-15-17-26(30(35)28(24)33)31-36-18-21(6-4-2)19-37-31/h20-31,36-37H,3-19H2,1-2H3/t20?,21?,22?,23?,24?,25?,26?,27-,28?,29?,30?,31?/m0/s1. The first-order valence-electron chi connectivity index (χ1n) is 16.0. The lowest BCUT2D eigenvalue weighted by Crippen LogP contribution is -2.60. The number of hydrogen-bond acceptors (Lipinski definition) is 2. The Balaban J connectivity index is 1.16. The third-order valence-corrected chi connectivity index (χ3v) is 10.8. The molecule has 0 bridgehead atoms. The zero-order chi connectivity index (χ0) is 26.4. The number of nitrogens with one attached hydrogen (secondary N) is 2. The van der Waals surface area contributed by atoms with Crippen LogP contribution in [0.3, 0.4) is 0 Å². The Morgan fingerprint density at radius 1 is 0.541 bits per heavy atom. The van der Waals surface area contributed by atoms with E-state index in [0.717, 1.165) is 109 Å². The summed E-state index contributed by atoms with van der Waals surface area (Å²) in [5, 5.41) is 6.91. The first-order valence-corrected chi connectivity index (χ1v) is 16.0. The second-order valence-electron chi connectivity index (χ2n) is 13.2. The topological polar surface area (TPSA) is 24.1 Å². The highest BCUT2D eigenvalue weighted by Crippen LogP contribution is 2.46. The molecular formula is C31H54F4N2. The fourth-order valence-electron chi connectivity index (χ4n) is 8.36. The summed E-state index contributed by atoms with van der Waals surface area (Å²) in [7, 11) is 0. The van der Waals surface area contributed by atoms with Crippen LogP contribution in [0.5, 0.6) is 0 Å². The van der Waals surface area contributed by atoms with E-state index in [0.29, 0.717) is 17.8 Å². The van der Waals surface area contributed by atoms with Gasteiger partial charge < -0.3 is 10.6 Å². The molecule has 4 aliphatic rings. The number of rotatable bonds is 10. The van der Waals surface area contributed by atoms with Gasteiger partial charge in [0.25, 0.3) is 0 Å². The molecule has 0 radical (unpaired) electrons. The van der Waals surface area contributed by atoms with Crippen LogP contribution in [0.2, 0.25) is 0 Å². The number of unbranched alkanes of at least 4 members (excludes halogenated alkanes) is 1. The Bertz CT molecular complexity index is 649. The van der Waals surface area contributed by atoms with Crippen molar-refractivity contribution in [3.63, 3.8) is 0 Å². The van der Waals surface area contributed by atoms with E-state index in [4.69, 9.17) is 0 Å². The lowest BCUT2D eigenvalue weighted by Gasteiger charge is -2.43. The molecule has 1 heterocycles. The van der Waals surface area contributed by atoms with Crippen molar-refractivity contribution in [2.24, 2.45) is 41.4 Å². The van der Waals surface area contributed by atoms with Gasteiger partial charge >= 0.3 is 0 Å². The Morgan fingerprint density at radius 3 is 1.76 bits per heavy atom. The lowest BCUT2D eigenvalue weighted by atomic mass is 9.66. The maximum atomic E-state index is 15.2. The molecule has 3 aliphatic carbocycles. The molecule has 0 aromatic rings. The normalized spacial score (nSPS) is 45.6. The number of halogens is 4. The lowest BCUT2D eigenvalue weighted by molar-refractivity contribution is -0.0174. The van der Waals surface area contributed by atoms with Crippen LogP contribution in [-0.2, 0) is 0 Å². The van der Waals surface area contributed by atoms with Crippen LogP contribution in [0.25, 0.3) is 0 Å². The fraction of sp³-hybridized carbons (Fsp3) is 1.00. The summed E-state index contributed by atoms with van der Waals surface area (Å²) in [4.78, 5) is 0. The predicted octanol–water partition coefficient (Wildman–Crippen LogP) is 8.10. The minimum atomic E-state index is -1.40. The highest BCUT2D eigenvalue weighted by atomic mass is 19.2. The van der Waals surface area contributed by atoms with Crippen LogP contribution in [-0.4, -0.2) is 43.9 Å². The predicted molar refractivity (Wildman–Crippen MR) is 144 cm³/mol. The Labute approximate surface area is 223 Å². The third-order valence-electron chi connectivity index (χ3n) is 10.8. The molecule has 2 N–H and O–H groups in total. The highest BCUT2D eigenvalue weighted by Gasteiger charge is 2.45. The van der Waals surface area contributed by atoms with Gasteiger partial charge in [0.2, 0.25) is 0 Å². The molecule has 1 aliphatic heterocycles. The van der Waals surface area contributed by atoms with Gasteiger partial charge in [0, 0.05) is 19.0 Å². The van der Waals surface area contributed by atoms with Gasteiger partial charge in [-0.2, -0.15) is 0 Å². The Kier molecular flexibility index (Phi) is 11.5. The van der Waals surface area contributed by atoms with Crippen molar-refractivity contribution < 1.29 is 17.6 Å². The van der Waals surface area contributed by atoms with Crippen molar-refractivity contribution in [1.29, 1.82) is 0 Å². The van der Waals surface area contributed by atoms with Crippen molar-refractivity contribution >= 4 is 0 Å². The molecule has 4 fully saturated rings. The average molecular weight is 531 g/mol. The van der Waals surface area contributed by atoms with E-state index in [-0.39, 0.29) is 29.8 Å². The van der Waals surface area contributed by atoms with E-state index in [1.807, 2.05) is 0 Å². The molecule has 3 saturated carbocycles. The van der Waals surface area contributed by atoms with Crippen molar-refractivity contribution in [3.8, 4) is 0 Å². The summed E-state index contributed by atoms with van der Waals surface area (Å²) >= 11 is 0. The summed E-state index contributed by atoms with van der Waals surface area (Å²) in [6.45, 7) is 6.08. The molecule has 0 aromatic carbocycles. The van der Waals surface area contributed by atoms with Crippen LogP contribution in [0.1, 0.15) is 110 Å². The van der Waals surface area contributed by atoms with Crippen LogP contribution < -0.4 is 10.6 Å². The minimum Gasteiger partial charge on any atom is -0.301 e. The van der Waals surface area contributed by atoms with Crippen LogP contribution in [0.4, 0.5) is 17.6 Å². The molecule has 8 atom stereocenters. The van der Waals surface area contributed by atoms with E-state index in [2.05, 4.69) is 24.5 Å². The van der Waals surface area contributed by atoms with Gasteiger partial charge in [-0.25, -0.2) is 17.6 Å². The molecule has 4 rings (SSSR count). The van der Waals surface area contributed by atoms with E-state index in [1.165, 1.54) is 0 Å². The number of hydrogen-bond donors (Lipinski definition) is 2. The molecule has 0 spiro atoms. The molecule has 37 heavy (non-hydrogen) atoms. The smallest absolute Gasteiger partial charge is 0.137 e. The van der Waals surface area contributed by atoms with Gasteiger partial charge in [0.05, 0.1) is 6.17 Å². The Morgan fingerprint density at radius 2 is 1.14 bits per heavy atom. The van der Waals surface area contributed by atoms with E-state index < -0.39 is 24.7 Å². The molecule has 7 unspecified atom stereocenters.